The van der Waals surface area contributed by atoms with E-state index in [1.165, 1.54) is 24.5 Å². The van der Waals surface area contributed by atoms with Crippen molar-refractivity contribution in [3.63, 3.8) is 0 Å². The van der Waals surface area contributed by atoms with E-state index in [4.69, 9.17) is 4.74 Å². The Morgan fingerprint density at radius 1 is 1.21 bits per heavy atom. The number of aromatic hydroxyl groups is 1. The molecule has 0 saturated carbocycles. The number of rotatable bonds is 4. The van der Waals surface area contributed by atoms with Crippen LogP contribution in [0.1, 0.15) is 5.56 Å². The SMILES string of the molecule is COC(=O)C=Cc1ccc(Oc2c(Br)sc3cc(O)ccc23)cc1. The highest BCUT2D eigenvalue weighted by atomic mass is 79.9. The molecule has 4 nitrogen and oxygen atoms in total. The summed E-state index contributed by atoms with van der Waals surface area (Å²) in [5, 5.41) is 10.5. The highest BCUT2D eigenvalue weighted by Gasteiger charge is 2.13. The third-order valence-corrected chi connectivity index (χ3v) is 5.07. The Hall–Kier alpha value is -2.31. The van der Waals surface area contributed by atoms with Crippen LogP contribution in [0, 0.1) is 0 Å². The standard InChI is InChI=1S/C18H13BrO4S/c1-22-16(21)9-4-11-2-6-13(7-3-11)23-17-14-8-5-12(20)10-15(14)24-18(17)19/h2-10,20H,1H3. The fourth-order valence-corrected chi connectivity index (χ4v) is 3.83. The molecule has 0 aliphatic heterocycles. The van der Waals surface area contributed by atoms with Crippen molar-refractivity contribution in [2.24, 2.45) is 0 Å². The maximum Gasteiger partial charge on any atom is 0.330 e. The largest absolute Gasteiger partial charge is 0.508 e. The number of halogens is 1. The Morgan fingerprint density at radius 2 is 1.96 bits per heavy atom. The normalized spacial score (nSPS) is 11.1. The molecular weight excluding hydrogens is 392 g/mol. The molecule has 24 heavy (non-hydrogen) atoms. The number of hydrogen-bond acceptors (Lipinski definition) is 5. The van der Waals surface area contributed by atoms with Crippen molar-refractivity contribution in [3.05, 3.63) is 57.9 Å². The first-order valence-electron chi connectivity index (χ1n) is 7.02. The zero-order valence-corrected chi connectivity index (χ0v) is 15.1. The summed E-state index contributed by atoms with van der Waals surface area (Å²) in [4.78, 5) is 11.1. The lowest BCUT2D eigenvalue weighted by atomic mass is 10.2. The van der Waals surface area contributed by atoms with E-state index in [1.807, 2.05) is 30.3 Å². The summed E-state index contributed by atoms with van der Waals surface area (Å²) in [6, 6.07) is 12.5. The molecule has 2 aromatic carbocycles. The number of phenolic OH excluding ortho intramolecular Hbond substituents is 1. The highest BCUT2D eigenvalue weighted by Crippen LogP contribution is 2.44. The van der Waals surface area contributed by atoms with Gasteiger partial charge in [-0.05, 0) is 57.9 Å². The molecular formula is C18H13BrO4S. The Balaban J connectivity index is 1.83. The third-order valence-electron chi connectivity index (χ3n) is 3.30. The van der Waals surface area contributed by atoms with Crippen molar-refractivity contribution >= 4 is 49.4 Å². The van der Waals surface area contributed by atoms with Crippen LogP contribution in [-0.2, 0) is 9.53 Å². The van der Waals surface area contributed by atoms with Crippen LogP contribution in [-0.4, -0.2) is 18.2 Å². The van der Waals surface area contributed by atoms with Gasteiger partial charge in [-0.3, -0.25) is 0 Å². The van der Waals surface area contributed by atoms with E-state index in [0.29, 0.717) is 11.5 Å². The summed E-state index contributed by atoms with van der Waals surface area (Å²) < 4.78 is 12.3. The van der Waals surface area contributed by atoms with Gasteiger partial charge < -0.3 is 14.6 Å². The lowest BCUT2D eigenvalue weighted by Gasteiger charge is -2.06. The number of benzene rings is 2. The van der Waals surface area contributed by atoms with Crippen LogP contribution in [0.2, 0.25) is 0 Å². The number of carbonyl (C=O) groups excluding carboxylic acids is 1. The molecule has 0 unspecified atom stereocenters. The van der Waals surface area contributed by atoms with Crippen LogP contribution in [0.3, 0.4) is 0 Å². The topological polar surface area (TPSA) is 55.8 Å². The second-order valence-corrected chi connectivity index (χ2v) is 7.28. The van der Waals surface area contributed by atoms with Gasteiger partial charge in [-0.2, -0.15) is 0 Å². The third kappa shape index (κ3) is 3.60. The predicted octanol–water partition coefficient (Wildman–Crippen LogP) is 5.35. The van der Waals surface area contributed by atoms with Crippen molar-refractivity contribution in [1.29, 1.82) is 0 Å². The maximum atomic E-state index is 11.1. The first-order chi connectivity index (χ1) is 11.6. The zero-order chi connectivity index (χ0) is 17.1. The molecule has 1 heterocycles. The van der Waals surface area contributed by atoms with Gasteiger partial charge in [0.15, 0.2) is 5.75 Å². The summed E-state index contributed by atoms with van der Waals surface area (Å²) in [7, 11) is 1.34. The molecule has 0 fully saturated rings. The molecule has 0 spiro atoms. The molecule has 0 aliphatic carbocycles. The highest BCUT2D eigenvalue weighted by molar-refractivity contribution is 9.11. The van der Waals surface area contributed by atoms with Crippen molar-refractivity contribution in [3.8, 4) is 17.2 Å². The van der Waals surface area contributed by atoms with Gasteiger partial charge in [0, 0.05) is 16.2 Å². The summed E-state index contributed by atoms with van der Waals surface area (Å²) in [5.74, 6) is 1.23. The average Bonchev–Trinajstić information content (AvgIpc) is 2.88. The van der Waals surface area contributed by atoms with Crippen LogP contribution in [0.4, 0.5) is 0 Å². The minimum absolute atomic E-state index is 0.226. The van der Waals surface area contributed by atoms with E-state index < -0.39 is 5.97 Å². The van der Waals surface area contributed by atoms with E-state index in [-0.39, 0.29) is 5.75 Å². The van der Waals surface area contributed by atoms with Crippen LogP contribution in [0.25, 0.3) is 16.2 Å². The predicted molar refractivity (Wildman–Crippen MR) is 98.8 cm³/mol. The Morgan fingerprint density at radius 3 is 2.67 bits per heavy atom. The molecule has 0 amide bonds. The number of carbonyl (C=O) groups is 1. The summed E-state index contributed by atoms with van der Waals surface area (Å²) in [6.45, 7) is 0. The summed E-state index contributed by atoms with van der Waals surface area (Å²) in [6.07, 6.45) is 3.04. The lowest BCUT2D eigenvalue weighted by molar-refractivity contribution is -0.134. The molecule has 0 bridgehead atoms. The van der Waals surface area contributed by atoms with E-state index in [2.05, 4.69) is 20.7 Å². The zero-order valence-electron chi connectivity index (χ0n) is 12.7. The van der Waals surface area contributed by atoms with Crippen molar-refractivity contribution in [2.75, 3.05) is 7.11 Å². The maximum absolute atomic E-state index is 11.1. The molecule has 6 heteroatoms. The Bertz CT molecular complexity index is 913. The average molecular weight is 405 g/mol. The second-order valence-electron chi connectivity index (χ2n) is 4.91. The number of hydrogen-bond donors (Lipinski definition) is 1. The van der Waals surface area contributed by atoms with Crippen LogP contribution in [0.15, 0.2) is 52.3 Å². The minimum Gasteiger partial charge on any atom is -0.508 e. The monoisotopic (exact) mass is 404 g/mol. The number of methoxy groups -OCH3 is 1. The van der Waals surface area contributed by atoms with Crippen molar-refractivity contribution in [2.45, 2.75) is 0 Å². The molecule has 0 aliphatic rings. The van der Waals surface area contributed by atoms with Gasteiger partial charge in [0.1, 0.15) is 15.3 Å². The van der Waals surface area contributed by atoms with Gasteiger partial charge in [0.05, 0.1) is 7.11 Å². The van der Waals surface area contributed by atoms with Crippen molar-refractivity contribution < 1.29 is 19.4 Å². The molecule has 3 rings (SSSR count). The Kier molecular flexibility index (Phi) is 4.87. The summed E-state index contributed by atoms with van der Waals surface area (Å²) in [5.41, 5.74) is 0.868. The fourth-order valence-electron chi connectivity index (χ4n) is 2.12. The fraction of sp³-hybridized carbons (Fsp3) is 0.0556. The first kappa shape index (κ1) is 16.5. The van der Waals surface area contributed by atoms with Crippen LogP contribution in [0.5, 0.6) is 17.2 Å². The van der Waals surface area contributed by atoms with E-state index in [9.17, 15) is 9.90 Å². The van der Waals surface area contributed by atoms with Gasteiger partial charge in [-0.1, -0.05) is 12.1 Å². The van der Waals surface area contributed by atoms with Gasteiger partial charge in [0.2, 0.25) is 0 Å². The van der Waals surface area contributed by atoms with E-state index in [1.54, 1.807) is 18.2 Å². The van der Waals surface area contributed by atoms with Gasteiger partial charge >= 0.3 is 5.97 Å². The quantitative estimate of drug-likeness (QED) is 0.470. The molecule has 3 aromatic rings. The first-order valence-corrected chi connectivity index (χ1v) is 8.63. The smallest absolute Gasteiger partial charge is 0.330 e. The number of fused-ring (bicyclic) bond motifs is 1. The molecule has 1 N–H and O–H groups in total. The number of esters is 1. The minimum atomic E-state index is -0.396. The molecule has 0 saturated heterocycles. The Labute approximate surface area is 151 Å². The van der Waals surface area contributed by atoms with E-state index in [0.717, 1.165) is 19.4 Å². The van der Waals surface area contributed by atoms with Crippen LogP contribution >= 0.6 is 27.3 Å². The lowest BCUT2D eigenvalue weighted by Crippen LogP contribution is -1.93. The molecule has 0 atom stereocenters. The summed E-state index contributed by atoms with van der Waals surface area (Å²) >= 11 is 5.00. The van der Waals surface area contributed by atoms with E-state index >= 15 is 0 Å². The number of phenols is 1. The van der Waals surface area contributed by atoms with Gasteiger partial charge in [0.25, 0.3) is 0 Å². The van der Waals surface area contributed by atoms with Crippen molar-refractivity contribution in [1.82, 2.24) is 0 Å². The molecule has 1 aromatic heterocycles. The van der Waals surface area contributed by atoms with Crippen LogP contribution < -0.4 is 4.74 Å². The van der Waals surface area contributed by atoms with Gasteiger partial charge in [-0.15, -0.1) is 11.3 Å². The van der Waals surface area contributed by atoms with Gasteiger partial charge in [-0.25, -0.2) is 4.79 Å². The number of thiophene rings is 1. The number of ether oxygens (including phenoxy) is 2. The molecule has 122 valence electrons. The second kappa shape index (κ2) is 7.07. The molecule has 0 radical (unpaired) electrons.